The van der Waals surface area contributed by atoms with Gasteiger partial charge in [-0.05, 0) is 19.8 Å². The normalized spacial score (nSPS) is 18.5. The molecule has 2 aromatic rings. The zero-order valence-corrected chi connectivity index (χ0v) is 19.6. The van der Waals surface area contributed by atoms with Gasteiger partial charge < -0.3 is 25.2 Å². The van der Waals surface area contributed by atoms with Gasteiger partial charge in [-0.1, -0.05) is 0 Å². The molecule has 4 N–H and O–H groups in total. The number of nitrogens with zero attached hydrogens (tertiary/aromatic N) is 6. The molecule has 4 heterocycles. The maximum Gasteiger partial charge on any atom is 0.408 e. The Hall–Kier alpha value is -3.79. The summed E-state index contributed by atoms with van der Waals surface area (Å²) in [6.07, 6.45) is -1.73. The van der Waals surface area contributed by atoms with Crippen molar-refractivity contribution in [1.29, 1.82) is 0 Å². The van der Waals surface area contributed by atoms with Crippen molar-refractivity contribution in [3.63, 3.8) is 0 Å². The van der Waals surface area contributed by atoms with E-state index in [1.54, 1.807) is 0 Å². The van der Waals surface area contributed by atoms with Gasteiger partial charge in [-0.2, -0.15) is 18.2 Å². The van der Waals surface area contributed by atoms with E-state index < -0.39 is 42.7 Å². The smallest absolute Gasteiger partial charge is 0.408 e. The van der Waals surface area contributed by atoms with Gasteiger partial charge in [0, 0.05) is 25.4 Å². The van der Waals surface area contributed by atoms with Crippen LogP contribution in [0.3, 0.4) is 0 Å². The number of carbonyl (C=O) groups excluding carboxylic acids is 2. The molecule has 0 saturated carbocycles. The summed E-state index contributed by atoms with van der Waals surface area (Å²) in [5.41, 5.74) is 0.461. The van der Waals surface area contributed by atoms with Gasteiger partial charge in [-0.3, -0.25) is 15.0 Å². The molecule has 0 aliphatic carbocycles. The molecule has 2 aromatic heterocycles. The lowest BCUT2D eigenvalue weighted by Gasteiger charge is -2.45. The van der Waals surface area contributed by atoms with Crippen LogP contribution < -0.4 is 25.2 Å². The number of rotatable bonds is 7. The number of piperidine rings is 1. The third-order valence-electron chi connectivity index (χ3n) is 5.82. The topological polar surface area (TPSA) is 166 Å². The fraction of sp³-hybridized carbons (Fsp3) is 0.524. The first-order valence-electron chi connectivity index (χ1n) is 11.4. The van der Waals surface area contributed by atoms with E-state index in [0.29, 0.717) is 25.2 Å². The molecule has 2 bridgehead atoms. The van der Waals surface area contributed by atoms with Crippen molar-refractivity contribution >= 4 is 29.4 Å². The molecule has 200 valence electrons. The summed E-state index contributed by atoms with van der Waals surface area (Å²) in [5.74, 6) is -1.64. The summed E-state index contributed by atoms with van der Waals surface area (Å²) in [5, 5.41) is 22.7. The van der Waals surface area contributed by atoms with E-state index in [0.717, 1.165) is 13.3 Å². The lowest BCUT2D eigenvalue weighted by Crippen LogP contribution is -2.56. The third-order valence-corrected chi connectivity index (χ3v) is 5.82. The van der Waals surface area contributed by atoms with Crippen LogP contribution >= 0.6 is 0 Å². The zero-order chi connectivity index (χ0) is 26.7. The van der Waals surface area contributed by atoms with Crippen LogP contribution in [-0.2, 0) is 0 Å². The predicted molar refractivity (Wildman–Crippen MR) is 122 cm³/mol. The summed E-state index contributed by atoms with van der Waals surface area (Å²) < 4.78 is 44.0. The number of amides is 3. The van der Waals surface area contributed by atoms with E-state index in [1.807, 2.05) is 10.2 Å². The van der Waals surface area contributed by atoms with Crippen LogP contribution in [-0.4, -0.2) is 92.8 Å². The predicted octanol–water partition coefficient (Wildman–Crippen LogP) is 0.700. The quantitative estimate of drug-likeness (QED) is 0.403. The largest absolute Gasteiger partial charge is 0.475 e. The summed E-state index contributed by atoms with van der Waals surface area (Å²) in [4.78, 5) is 45.2. The van der Waals surface area contributed by atoms with Crippen LogP contribution in [0.25, 0.3) is 0 Å². The van der Waals surface area contributed by atoms with Gasteiger partial charge in [0.2, 0.25) is 17.7 Å². The lowest BCUT2D eigenvalue weighted by molar-refractivity contribution is -0.149. The molecule has 2 aliphatic rings. The number of alkyl halides is 3. The number of hydrogen-bond acceptors (Lipinski definition) is 10. The van der Waals surface area contributed by atoms with E-state index in [1.165, 1.54) is 23.4 Å². The first-order valence-corrected chi connectivity index (χ1v) is 11.4. The number of aliphatic hydroxyl groups is 2. The Kier molecular flexibility index (Phi) is 7.58. The molecule has 37 heavy (non-hydrogen) atoms. The molecule has 0 radical (unpaired) electrons. The Morgan fingerprint density at radius 1 is 1.30 bits per heavy atom. The molecule has 16 heteroatoms. The van der Waals surface area contributed by atoms with Gasteiger partial charge >= 0.3 is 12.2 Å². The number of fused-ring (bicyclic) bond motifs is 4. The molecule has 2 unspecified atom stereocenters. The van der Waals surface area contributed by atoms with Crippen LogP contribution in [0.5, 0.6) is 5.88 Å². The molecular weight excluding hydrogens is 501 g/mol. The molecule has 2 aliphatic heterocycles. The molecule has 0 spiro atoms. The van der Waals surface area contributed by atoms with Crippen LogP contribution in [0.4, 0.5) is 35.4 Å². The first kappa shape index (κ1) is 26.3. The van der Waals surface area contributed by atoms with E-state index in [2.05, 4.69) is 25.3 Å². The lowest BCUT2D eigenvalue weighted by atomic mass is 10.0. The fourth-order valence-electron chi connectivity index (χ4n) is 3.91. The van der Waals surface area contributed by atoms with Crippen molar-refractivity contribution < 1.29 is 37.7 Å². The average Bonchev–Trinajstić information content (AvgIpc) is 2.86. The van der Waals surface area contributed by atoms with Gasteiger partial charge in [-0.25, -0.2) is 19.7 Å². The SMILES string of the molecule is CC(NC(=O)c1ncc2c(n1)N(C(=O)Nc1nccc(OCC(O)CO)n1)[C@H]1CCCN2C1)C(F)(F)F. The summed E-state index contributed by atoms with van der Waals surface area (Å²) >= 11 is 0. The van der Waals surface area contributed by atoms with Crippen molar-refractivity contribution in [1.82, 2.24) is 25.3 Å². The number of hydrogen-bond donors (Lipinski definition) is 4. The van der Waals surface area contributed by atoms with Crippen LogP contribution in [0.2, 0.25) is 0 Å². The highest BCUT2D eigenvalue weighted by molar-refractivity contribution is 6.04. The van der Waals surface area contributed by atoms with Crippen molar-refractivity contribution in [2.75, 3.05) is 41.4 Å². The maximum atomic E-state index is 13.3. The molecule has 1 fully saturated rings. The van der Waals surface area contributed by atoms with Gasteiger partial charge in [-0.15, -0.1) is 0 Å². The Morgan fingerprint density at radius 2 is 2.08 bits per heavy atom. The second-order valence-corrected chi connectivity index (χ2v) is 8.55. The van der Waals surface area contributed by atoms with Crippen LogP contribution in [0, 0.1) is 0 Å². The number of carbonyl (C=O) groups is 2. The number of nitrogens with one attached hydrogen (secondary N) is 2. The van der Waals surface area contributed by atoms with Crippen molar-refractivity contribution in [2.45, 2.75) is 44.1 Å². The molecular formula is C21H25F3N8O5. The van der Waals surface area contributed by atoms with Crippen molar-refractivity contribution in [3.05, 3.63) is 24.3 Å². The minimum absolute atomic E-state index is 0.0424. The zero-order valence-electron chi connectivity index (χ0n) is 19.6. The minimum atomic E-state index is -4.65. The van der Waals surface area contributed by atoms with Crippen molar-refractivity contribution in [3.8, 4) is 5.88 Å². The maximum absolute atomic E-state index is 13.3. The highest BCUT2D eigenvalue weighted by Gasteiger charge is 2.40. The number of urea groups is 1. The van der Waals surface area contributed by atoms with Crippen LogP contribution in [0.15, 0.2) is 18.5 Å². The third kappa shape index (κ3) is 5.96. The average molecular weight is 526 g/mol. The molecule has 13 nitrogen and oxygen atoms in total. The van der Waals surface area contributed by atoms with Gasteiger partial charge in [0.15, 0.2) is 5.82 Å². The standard InChI is InChI=1S/C21H25F3N8O5/c1-11(21(22,23)24)27-18(35)16-26-7-14-17(29-16)32(12-3-2-6-31(14)8-12)20(36)30-19-25-5-4-15(28-19)37-10-13(34)9-33/h4-5,7,11-13,33-34H,2-3,6,8-10H2,1H3,(H,27,35)(H,25,28,30,36)/t11?,12-,13?/m0/s1. The van der Waals surface area contributed by atoms with E-state index >= 15 is 0 Å². The highest BCUT2D eigenvalue weighted by Crippen LogP contribution is 2.37. The molecule has 3 amide bonds. The summed E-state index contributed by atoms with van der Waals surface area (Å²) in [7, 11) is 0. The Morgan fingerprint density at radius 3 is 2.81 bits per heavy atom. The number of aliphatic hydroxyl groups excluding tert-OH is 2. The van der Waals surface area contributed by atoms with Gasteiger partial charge in [0.05, 0.1) is 24.5 Å². The summed E-state index contributed by atoms with van der Waals surface area (Å²) in [6, 6.07) is -1.73. The van der Waals surface area contributed by atoms with E-state index in [9.17, 15) is 27.9 Å². The minimum Gasteiger partial charge on any atom is -0.475 e. The Bertz CT molecular complexity index is 1150. The van der Waals surface area contributed by atoms with Gasteiger partial charge in [0.25, 0.3) is 5.91 Å². The van der Waals surface area contributed by atoms with Crippen LogP contribution in [0.1, 0.15) is 30.4 Å². The molecule has 3 atom stereocenters. The first-order chi connectivity index (χ1) is 17.6. The Labute approximate surface area is 208 Å². The number of anilines is 3. The number of aromatic nitrogens is 4. The number of halogens is 3. The molecule has 1 saturated heterocycles. The summed E-state index contributed by atoms with van der Waals surface area (Å²) in [6.45, 7) is 1.21. The van der Waals surface area contributed by atoms with E-state index in [-0.39, 0.29) is 30.3 Å². The number of ether oxygens (including phenoxy) is 1. The fourth-order valence-corrected chi connectivity index (χ4v) is 3.91. The highest BCUT2D eigenvalue weighted by atomic mass is 19.4. The second-order valence-electron chi connectivity index (χ2n) is 8.55. The van der Waals surface area contributed by atoms with Gasteiger partial charge in [0.1, 0.15) is 18.8 Å². The Balaban J connectivity index is 1.57. The molecule has 4 rings (SSSR count). The monoisotopic (exact) mass is 526 g/mol. The second kappa shape index (κ2) is 10.7. The van der Waals surface area contributed by atoms with E-state index in [4.69, 9.17) is 9.84 Å². The molecule has 0 aromatic carbocycles. The van der Waals surface area contributed by atoms with Crippen molar-refractivity contribution in [2.24, 2.45) is 0 Å².